The molecule has 2 N–H and O–H groups in total. The second-order valence-electron chi connectivity index (χ2n) is 4.81. The summed E-state index contributed by atoms with van der Waals surface area (Å²) in [5, 5.41) is 3.40. The van der Waals surface area contributed by atoms with Crippen molar-refractivity contribution in [3.63, 3.8) is 0 Å². The molecule has 0 spiro atoms. The Hall–Kier alpha value is -0.830. The molecule has 1 aromatic heterocycles. The van der Waals surface area contributed by atoms with Gasteiger partial charge in [-0.05, 0) is 32.9 Å². The summed E-state index contributed by atoms with van der Waals surface area (Å²) in [6, 6.07) is 0. The highest BCUT2D eigenvalue weighted by atomic mass is 15.0. The molecule has 0 atom stereocenters. The third kappa shape index (κ3) is 2.23. The van der Waals surface area contributed by atoms with Gasteiger partial charge in [0.05, 0.1) is 5.69 Å². The molecule has 0 aliphatic carbocycles. The summed E-state index contributed by atoms with van der Waals surface area (Å²) in [4.78, 5) is 8.16. The van der Waals surface area contributed by atoms with Crippen molar-refractivity contribution < 1.29 is 0 Å². The summed E-state index contributed by atoms with van der Waals surface area (Å²) in [5.41, 5.74) is 2.57. The van der Waals surface area contributed by atoms with Crippen molar-refractivity contribution in [1.29, 1.82) is 0 Å². The largest absolute Gasteiger partial charge is 0.346 e. The van der Waals surface area contributed by atoms with E-state index in [1.54, 1.807) is 0 Å². The molecular formula is C12H21N3. The quantitative estimate of drug-likeness (QED) is 0.781. The lowest BCUT2D eigenvalue weighted by molar-refractivity contribution is 0.452. The second kappa shape index (κ2) is 4.35. The number of nitrogens with zero attached hydrogens (tertiary/aromatic N) is 1. The van der Waals surface area contributed by atoms with Gasteiger partial charge in [-0.3, -0.25) is 0 Å². The van der Waals surface area contributed by atoms with Gasteiger partial charge in [0.2, 0.25) is 0 Å². The first kappa shape index (κ1) is 10.7. The van der Waals surface area contributed by atoms with Gasteiger partial charge >= 0.3 is 0 Å². The van der Waals surface area contributed by atoms with Crippen molar-refractivity contribution >= 4 is 0 Å². The van der Waals surface area contributed by atoms with Crippen molar-refractivity contribution in [3.05, 3.63) is 17.2 Å². The average Bonchev–Trinajstić information content (AvgIpc) is 2.62. The van der Waals surface area contributed by atoms with E-state index in [0.717, 1.165) is 18.9 Å². The fraction of sp³-hybridized carbons (Fsp3) is 0.750. The number of aromatic nitrogens is 2. The third-order valence-electron chi connectivity index (χ3n) is 3.21. The van der Waals surface area contributed by atoms with E-state index < -0.39 is 0 Å². The maximum absolute atomic E-state index is 4.75. The van der Waals surface area contributed by atoms with Crippen LogP contribution in [0.3, 0.4) is 0 Å². The number of H-pyrrole nitrogens is 1. The first-order valence-corrected chi connectivity index (χ1v) is 5.95. The summed E-state index contributed by atoms with van der Waals surface area (Å²) in [7, 11) is 0. The zero-order valence-electron chi connectivity index (χ0n) is 9.93. The van der Waals surface area contributed by atoms with E-state index in [0.29, 0.717) is 11.8 Å². The summed E-state index contributed by atoms with van der Waals surface area (Å²) < 4.78 is 0. The van der Waals surface area contributed by atoms with Crippen LogP contribution in [0, 0.1) is 6.92 Å². The number of hydrogen-bond acceptors (Lipinski definition) is 2. The van der Waals surface area contributed by atoms with Gasteiger partial charge in [-0.15, -0.1) is 0 Å². The van der Waals surface area contributed by atoms with Crippen LogP contribution in [0.5, 0.6) is 0 Å². The lowest BCUT2D eigenvalue weighted by Gasteiger charge is -2.21. The molecule has 3 nitrogen and oxygen atoms in total. The van der Waals surface area contributed by atoms with Crippen molar-refractivity contribution in [3.8, 4) is 0 Å². The highest BCUT2D eigenvalue weighted by molar-refractivity contribution is 5.19. The number of aromatic amines is 1. The number of nitrogens with one attached hydrogen (secondary N) is 2. The molecule has 1 aliphatic rings. The molecule has 0 bridgehead atoms. The summed E-state index contributed by atoms with van der Waals surface area (Å²) in [5.74, 6) is 2.30. The molecule has 0 unspecified atom stereocenters. The number of aryl methyl sites for hydroxylation is 1. The molecule has 1 aliphatic heterocycles. The summed E-state index contributed by atoms with van der Waals surface area (Å²) in [6.45, 7) is 8.78. The number of rotatable bonds is 2. The van der Waals surface area contributed by atoms with Gasteiger partial charge in [0, 0.05) is 17.5 Å². The van der Waals surface area contributed by atoms with Gasteiger partial charge in [0.15, 0.2) is 0 Å². The highest BCUT2D eigenvalue weighted by Crippen LogP contribution is 2.27. The summed E-state index contributed by atoms with van der Waals surface area (Å²) in [6.07, 6.45) is 2.45. The minimum absolute atomic E-state index is 0.499. The van der Waals surface area contributed by atoms with E-state index in [4.69, 9.17) is 4.98 Å². The second-order valence-corrected chi connectivity index (χ2v) is 4.81. The van der Waals surface area contributed by atoms with Crippen molar-refractivity contribution in [2.45, 2.75) is 45.4 Å². The molecule has 1 aromatic rings. The Bertz CT molecular complexity index is 322. The van der Waals surface area contributed by atoms with Gasteiger partial charge in [-0.1, -0.05) is 13.8 Å². The van der Waals surface area contributed by atoms with E-state index in [1.807, 2.05) is 0 Å². The van der Waals surface area contributed by atoms with Crippen LogP contribution in [-0.4, -0.2) is 23.1 Å². The predicted molar refractivity (Wildman–Crippen MR) is 62.3 cm³/mol. The number of piperidine rings is 1. The molecule has 15 heavy (non-hydrogen) atoms. The van der Waals surface area contributed by atoms with Crippen molar-refractivity contribution in [2.24, 2.45) is 0 Å². The zero-order valence-corrected chi connectivity index (χ0v) is 9.93. The van der Waals surface area contributed by atoms with Crippen LogP contribution >= 0.6 is 0 Å². The molecule has 1 fully saturated rings. The molecule has 0 radical (unpaired) electrons. The Morgan fingerprint density at radius 3 is 2.47 bits per heavy atom. The molecule has 0 aromatic carbocycles. The van der Waals surface area contributed by atoms with E-state index in [-0.39, 0.29) is 0 Å². The van der Waals surface area contributed by atoms with E-state index in [2.05, 4.69) is 31.1 Å². The zero-order chi connectivity index (χ0) is 10.8. The Kier molecular flexibility index (Phi) is 3.10. The molecule has 2 heterocycles. The minimum Gasteiger partial charge on any atom is -0.346 e. The van der Waals surface area contributed by atoms with Crippen molar-refractivity contribution in [2.75, 3.05) is 13.1 Å². The first-order chi connectivity index (χ1) is 7.18. The van der Waals surface area contributed by atoms with Crippen molar-refractivity contribution in [1.82, 2.24) is 15.3 Å². The van der Waals surface area contributed by atoms with Gasteiger partial charge in [0.1, 0.15) is 5.82 Å². The number of imidazole rings is 1. The smallest absolute Gasteiger partial charge is 0.109 e. The molecule has 0 saturated carbocycles. The standard InChI is InChI=1S/C12H21N3/c1-8(2)12-14-9(3)11(15-12)10-4-6-13-7-5-10/h8,10,13H,4-7H2,1-3H3,(H,14,15). The Morgan fingerprint density at radius 1 is 1.27 bits per heavy atom. The Morgan fingerprint density at radius 2 is 1.93 bits per heavy atom. The highest BCUT2D eigenvalue weighted by Gasteiger charge is 2.20. The first-order valence-electron chi connectivity index (χ1n) is 5.95. The fourth-order valence-electron chi connectivity index (χ4n) is 2.26. The van der Waals surface area contributed by atoms with E-state index in [1.165, 1.54) is 24.2 Å². The van der Waals surface area contributed by atoms with Crippen LogP contribution < -0.4 is 5.32 Å². The lowest BCUT2D eigenvalue weighted by Crippen LogP contribution is -2.27. The molecule has 2 rings (SSSR count). The van der Waals surface area contributed by atoms with Gasteiger partial charge < -0.3 is 10.3 Å². The third-order valence-corrected chi connectivity index (χ3v) is 3.21. The van der Waals surface area contributed by atoms with Crippen LogP contribution in [0.1, 0.15) is 55.7 Å². The molecular weight excluding hydrogens is 186 g/mol. The van der Waals surface area contributed by atoms with Crippen LogP contribution in [0.4, 0.5) is 0 Å². The van der Waals surface area contributed by atoms with Gasteiger partial charge in [0.25, 0.3) is 0 Å². The monoisotopic (exact) mass is 207 g/mol. The molecule has 84 valence electrons. The maximum atomic E-state index is 4.75. The van der Waals surface area contributed by atoms with Crippen LogP contribution in [0.15, 0.2) is 0 Å². The van der Waals surface area contributed by atoms with E-state index >= 15 is 0 Å². The normalized spacial score (nSPS) is 18.7. The fourth-order valence-corrected chi connectivity index (χ4v) is 2.26. The van der Waals surface area contributed by atoms with Gasteiger partial charge in [-0.2, -0.15) is 0 Å². The van der Waals surface area contributed by atoms with Crippen LogP contribution in [-0.2, 0) is 0 Å². The Labute approximate surface area is 91.7 Å². The van der Waals surface area contributed by atoms with Crippen LogP contribution in [0.25, 0.3) is 0 Å². The number of hydrogen-bond donors (Lipinski definition) is 2. The van der Waals surface area contributed by atoms with E-state index in [9.17, 15) is 0 Å². The Balaban J connectivity index is 2.19. The van der Waals surface area contributed by atoms with Gasteiger partial charge in [-0.25, -0.2) is 4.98 Å². The molecule has 3 heteroatoms. The average molecular weight is 207 g/mol. The molecule has 1 saturated heterocycles. The lowest BCUT2D eigenvalue weighted by atomic mass is 9.94. The maximum Gasteiger partial charge on any atom is 0.109 e. The minimum atomic E-state index is 0.499. The van der Waals surface area contributed by atoms with Crippen LogP contribution in [0.2, 0.25) is 0 Å². The predicted octanol–water partition coefficient (Wildman–Crippen LogP) is 2.31. The summed E-state index contributed by atoms with van der Waals surface area (Å²) >= 11 is 0. The SMILES string of the molecule is Cc1[nH]c(C(C)C)nc1C1CCNCC1. The molecule has 0 amide bonds. The topological polar surface area (TPSA) is 40.7 Å².